The summed E-state index contributed by atoms with van der Waals surface area (Å²) in [5.41, 5.74) is 3.79. The molecule has 1 N–H and O–H groups in total. The molecule has 0 amide bonds. The molecule has 0 fully saturated rings. The Kier molecular flexibility index (Phi) is 4.15. The van der Waals surface area contributed by atoms with E-state index in [0.29, 0.717) is 24.0 Å². The molecule has 0 saturated carbocycles. The molecular formula is C15H16ClNO2S. The minimum atomic E-state index is 0.557. The van der Waals surface area contributed by atoms with Crippen LogP contribution in [-0.2, 0) is 13.1 Å². The molecule has 1 aliphatic rings. The van der Waals surface area contributed by atoms with Crippen LogP contribution in [-0.4, -0.2) is 13.2 Å². The van der Waals surface area contributed by atoms with Gasteiger partial charge in [0.15, 0.2) is 11.5 Å². The van der Waals surface area contributed by atoms with E-state index in [1.165, 1.54) is 11.1 Å². The number of ether oxygens (including phenoxy) is 2. The molecule has 3 rings (SSSR count). The number of rotatable bonds is 4. The summed E-state index contributed by atoms with van der Waals surface area (Å²) < 4.78 is 11.1. The van der Waals surface area contributed by atoms with Gasteiger partial charge in [0.2, 0.25) is 0 Å². The van der Waals surface area contributed by atoms with Crippen molar-refractivity contribution < 1.29 is 9.47 Å². The third-order valence-corrected chi connectivity index (χ3v) is 4.45. The summed E-state index contributed by atoms with van der Waals surface area (Å²) in [7, 11) is 0. The summed E-state index contributed by atoms with van der Waals surface area (Å²) in [4.78, 5) is 0. The number of halogens is 1. The van der Waals surface area contributed by atoms with Crippen LogP contribution in [0.2, 0.25) is 5.02 Å². The number of benzene rings is 1. The Morgan fingerprint density at radius 2 is 2.05 bits per heavy atom. The number of aryl methyl sites for hydroxylation is 1. The van der Waals surface area contributed by atoms with Gasteiger partial charge in [-0.3, -0.25) is 0 Å². The van der Waals surface area contributed by atoms with E-state index in [1.54, 1.807) is 11.3 Å². The molecule has 0 radical (unpaired) electrons. The molecule has 0 saturated heterocycles. The zero-order chi connectivity index (χ0) is 13.9. The summed E-state index contributed by atoms with van der Waals surface area (Å²) in [5, 5.41) is 8.39. The second-order valence-electron chi connectivity index (χ2n) is 4.79. The summed E-state index contributed by atoms with van der Waals surface area (Å²) in [6, 6.07) is 3.93. The quantitative estimate of drug-likeness (QED) is 0.932. The Morgan fingerprint density at radius 1 is 1.20 bits per heavy atom. The fourth-order valence-electron chi connectivity index (χ4n) is 2.18. The van der Waals surface area contributed by atoms with Gasteiger partial charge in [-0.1, -0.05) is 11.6 Å². The van der Waals surface area contributed by atoms with Crippen molar-refractivity contribution in [3.05, 3.63) is 44.6 Å². The van der Waals surface area contributed by atoms with Crippen molar-refractivity contribution >= 4 is 22.9 Å². The van der Waals surface area contributed by atoms with E-state index in [9.17, 15) is 0 Å². The minimum Gasteiger partial charge on any atom is -0.486 e. The van der Waals surface area contributed by atoms with Crippen LogP contribution in [0.25, 0.3) is 0 Å². The molecule has 5 heteroatoms. The van der Waals surface area contributed by atoms with Crippen LogP contribution in [0.4, 0.5) is 0 Å². The topological polar surface area (TPSA) is 30.5 Å². The average molecular weight is 310 g/mol. The Hall–Kier alpha value is -1.23. The normalized spacial score (nSPS) is 13.5. The molecule has 1 aliphatic heterocycles. The first-order valence-corrected chi connectivity index (χ1v) is 7.86. The summed E-state index contributed by atoms with van der Waals surface area (Å²) in [6.45, 7) is 4.89. The van der Waals surface area contributed by atoms with Gasteiger partial charge in [0.1, 0.15) is 13.2 Å². The molecule has 0 atom stereocenters. The number of hydrogen-bond acceptors (Lipinski definition) is 4. The predicted octanol–water partition coefficient (Wildman–Crippen LogP) is 3.77. The lowest BCUT2D eigenvalue weighted by Crippen LogP contribution is -2.17. The zero-order valence-electron chi connectivity index (χ0n) is 11.2. The first-order valence-electron chi connectivity index (χ1n) is 6.54. The van der Waals surface area contributed by atoms with Crippen LogP contribution in [0.1, 0.15) is 16.7 Å². The Morgan fingerprint density at radius 3 is 2.85 bits per heavy atom. The average Bonchev–Trinajstić information content (AvgIpc) is 2.85. The van der Waals surface area contributed by atoms with Crippen molar-refractivity contribution in [1.29, 1.82) is 0 Å². The van der Waals surface area contributed by atoms with E-state index in [2.05, 4.69) is 23.0 Å². The standard InChI is InChI=1S/C15H16ClNO2S/c1-10-8-20-9-12(10)7-17-6-11-4-13(16)15-14(5-11)18-2-3-19-15/h4-5,8-9,17H,2-3,6-7H2,1H3. The molecule has 0 aliphatic carbocycles. The number of hydrogen-bond donors (Lipinski definition) is 1. The maximum absolute atomic E-state index is 6.22. The second kappa shape index (κ2) is 6.04. The molecule has 2 aromatic rings. The van der Waals surface area contributed by atoms with Gasteiger partial charge in [-0.2, -0.15) is 11.3 Å². The van der Waals surface area contributed by atoms with E-state index >= 15 is 0 Å². The molecule has 1 aromatic heterocycles. The monoisotopic (exact) mass is 309 g/mol. The Bertz CT molecular complexity index is 612. The van der Waals surface area contributed by atoms with Crippen molar-refractivity contribution in [3.8, 4) is 11.5 Å². The molecule has 3 nitrogen and oxygen atoms in total. The van der Waals surface area contributed by atoms with E-state index in [-0.39, 0.29) is 0 Å². The van der Waals surface area contributed by atoms with Gasteiger partial charge in [0.25, 0.3) is 0 Å². The van der Waals surface area contributed by atoms with Crippen molar-refractivity contribution in [1.82, 2.24) is 5.32 Å². The minimum absolute atomic E-state index is 0.557. The van der Waals surface area contributed by atoms with Gasteiger partial charge < -0.3 is 14.8 Å². The lowest BCUT2D eigenvalue weighted by atomic mass is 10.1. The summed E-state index contributed by atoms with van der Waals surface area (Å²) >= 11 is 7.96. The van der Waals surface area contributed by atoms with Crippen LogP contribution >= 0.6 is 22.9 Å². The molecule has 2 heterocycles. The zero-order valence-corrected chi connectivity index (χ0v) is 12.8. The highest BCUT2D eigenvalue weighted by atomic mass is 35.5. The maximum Gasteiger partial charge on any atom is 0.179 e. The van der Waals surface area contributed by atoms with Crippen molar-refractivity contribution in [3.63, 3.8) is 0 Å². The predicted molar refractivity (Wildman–Crippen MR) is 82.0 cm³/mol. The van der Waals surface area contributed by atoms with Crippen LogP contribution < -0.4 is 14.8 Å². The molecule has 0 spiro atoms. The number of nitrogens with one attached hydrogen (secondary N) is 1. The Labute approximate surface area is 127 Å². The third-order valence-electron chi connectivity index (χ3n) is 3.26. The molecule has 0 bridgehead atoms. The van der Waals surface area contributed by atoms with E-state index in [1.807, 2.05) is 12.1 Å². The van der Waals surface area contributed by atoms with Crippen LogP contribution in [0.5, 0.6) is 11.5 Å². The van der Waals surface area contributed by atoms with Crippen molar-refractivity contribution in [2.75, 3.05) is 13.2 Å². The molecule has 1 aromatic carbocycles. The van der Waals surface area contributed by atoms with Crippen LogP contribution in [0.3, 0.4) is 0 Å². The lowest BCUT2D eigenvalue weighted by Gasteiger charge is -2.20. The molecular weight excluding hydrogens is 294 g/mol. The fraction of sp³-hybridized carbons (Fsp3) is 0.333. The first kappa shape index (κ1) is 13.7. The van der Waals surface area contributed by atoms with Crippen LogP contribution in [0.15, 0.2) is 22.9 Å². The van der Waals surface area contributed by atoms with Gasteiger partial charge in [0.05, 0.1) is 5.02 Å². The third kappa shape index (κ3) is 2.92. The van der Waals surface area contributed by atoms with E-state index < -0.39 is 0 Å². The maximum atomic E-state index is 6.22. The highest BCUT2D eigenvalue weighted by Gasteiger charge is 2.16. The van der Waals surface area contributed by atoms with Gasteiger partial charge >= 0.3 is 0 Å². The van der Waals surface area contributed by atoms with Gasteiger partial charge in [-0.25, -0.2) is 0 Å². The highest BCUT2D eigenvalue weighted by molar-refractivity contribution is 7.08. The van der Waals surface area contributed by atoms with Crippen molar-refractivity contribution in [2.45, 2.75) is 20.0 Å². The summed E-state index contributed by atoms with van der Waals surface area (Å²) in [5.74, 6) is 1.41. The first-order chi connectivity index (χ1) is 9.74. The van der Waals surface area contributed by atoms with Crippen LogP contribution in [0, 0.1) is 6.92 Å². The smallest absolute Gasteiger partial charge is 0.179 e. The van der Waals surface area contributed by atoms with E-state index in [4.69, 9.17) is 21.1 Å². The second-order valence-corrected chi connectivity index (χ2v) is 5.94. The lowest BCUT2D eigenvalue weighted by molar-refractivity contribution is 0.171. The molecule has 106 valence electrons. The molecule has 20 heavy (non-hydrogen) atoms. The fourth-order valence-corrected chi connectivity index (χ4v) is 3.32. The van der Waals surface area contributed by atoms with E-state index in [0.717, 1.165) is 24.4 Å². The largest absolute Gasteiger partial charge is 0.486 e. The van der Waals surface area contributed by atoms with Crippen molar-refractivity contribution in [2.24, 2.45) is 0 Å². The SMILES string of the molecule is Cc1cscc1CNCc1cc(Cl)c2c(c1)OCCO2. The van der Waals surface area contributed by atoms with Gasteiger partial charge in [-0.15, -0.1) is 0 Å². The van der Waals surface area contributed by atoms with Gasteiger partial charge in [0, 0.05) is 13.1 Å². The molecule has 0 unspecified atom stereocenters. The highest BCUT2D eigenvalue weighted by Crippen LogP contribution is 2.38. The summed E-state index contributed by atoms with van der Waals surface area (Å²) in [6.07, 6.45) is 0. The number of thiophene rings is 1. The van der Waals surface area contributed by atoms with Gasteiger partial charge in [-0.05, 0) is 46.5 Å². The number of fused-ring (bicyclic) bond motifs is 1. The Balaban J connectivity index is 1.66.